The largest absolute Gasteiger partial charge is 0.458 e. The maximum absolute atomic E-state index is 14.7. The molecule has 5 aliphatic carbocycles. The van der Waals surface area contributed by atoms with Gasteiger partial charge in [0.1, 0.15) is 29.8 Å². The second-order valence-electron chi connectivity index (χ2n) is 19.1. The topological polar surface area (TPSA) is 148 Å². The summed E-state index contributed by atoms with van der Waals surface area (Å²) < 4.78 is 26.4. The Balaban J connectivity index is 0.964. The molecule has 10 rings (SSSR count). The van der Waals surface area contributed by atoms with Gasteiger partial charge in [-0.3, -0.25) is 19.2 Å². The number of rotatable bonds is 11. The number of carbonyl (C=O) groups is 3. The van der Waals surface area contributed by atoms with Crippen molar-refractivity contribution in [2.24, 2.45) is 34.5 Å². The number of benzene rings is 1. The predicted molar refractivity (Wildman–Crippen MR) is 198 cm³/mol. The Morgan fingerprint density at radius 3 is 2.45 bits per heavy atom. The molecule has 4 heterocycles. The molecule has 0 radical (unpaired) electrons. The van der Waals surface area contributed by atoms with Crippen molar-refractivity contribution in [3.05, 3.63) is 41.0 Å². The lowest BCUT2D eigenvalue weighted by Gasteiger charge is -2.53. The monoisotopic (exact) mass is 759 g/mol. The molecule has 12 heteroatoms. The van der Waals surface area contributed by atoms with Crippen LogP contribution in [0.3, 0.4) is 0 Å². The van der Waals surface area contributed by atoms with Crippen LogP contribution in [-0.2, 0) is 44.7 Å². The van der Waals surface area contributed by atoms with Gasteiger partial charge < -0.3 is 34.7 Å². The first kappa shape index (κ1) is 36.5. The number of hydrogen-bond donors (Lipinski definition) is 3. The van der Waals surface area contributed by atoms with Crippen LogP contribution in [0.15, 0.2) is 29.8 Å². The number of hydroxylamine groups is 2. The van der Waals surface area contributed by atoms with Gasteiger partial charge in [-0.1, -0.05) is 49.8 Å². The van der Waals surface area contributed by atoms with Crippen LogP contribution in [-0.4, -0.2) is 95.6 Å². The van der Waals surface area contributed by atoms with Crippen molar-refractivity contribution in [3.8, 4) is 0 Å². The zero-order valence-electron chi connectivity index (χ0n) is 32.4. The summed E-state index contributed by atoms with van der Waals surface area (Å²) in [5, 5.41) is 16.5. The Bertz CT molecular complexity index is 1760. The van der Waals surface area contributed by atoms with Crippen molar-refractivity contribution in [2.45, 2.75) is 146 Å². The maximum Gasteiger partial charge on any atom is 0.327 e. The van der Waals surface area contributed by atoms with Crippen LogP contribution in [0.25, 0.3) is 6.08 Å². The predicted octanol–water partition coefficient (Wildman–Crippen LogP) is 4.18. The number of fused-ring (bicyclic) bond motifs is 6. The quantitative estimate of drug-likeness (QED) is 0.222. The summed E-state index contributed by atoms with van der Waals surface area (Å²) >= 11 is 0. The molecule has 12 nitrogen and oxygen atoms in total. The van der Waals surface area contributed by atoms with E-state index in [-0.39, 0.29) is 68.3 Å². The number of carbonyl (C=O) groups excluding carboxylic acids is 3. The number of nitrogens with one attached hydrogen (secondary N) is 2. The summed E-state index contributed by atoms with van der Waals surface area (Å²) in [4.78, 5) is 48.3. The SMILES string of the molecule is CC1(C)C[C@@H]2C(=Cc3ccccc3CN3O[C@@H]4[C@H]5OC(C6CC6)(C6CC6)O[C@H]5[C@@H]5C[C@]4(C(=O)NCCC(=O)NCCO)[C@@H]3C(=O)O5)CCC3O[C@]3(C)CC[C@H]21. The molecule has 1 unspecified atom stereocenters. The molecular formula is C43H57N3O9. The number of ether oxygens (including phenoxy) is 4. The molecule has 4 saturated heterocycles. The number of amides is 2. The van der Waals surface area contributed by atoms with E-state index in [2.05, 4.69) is 55.7 Å². The standard InChI is InChI=1S/C43H57N3O9/c1-40(2)21-29-25(8-13-32-41(3,52-32)16-14-30(29)40)20-24-6-4-5-7-26(24)23-46-36-38(49)51-31-22-42(36,39(50)45-17-15-33(48)44-18-19-47)37(55-46)35-34(31)53-43(54-35,27-9-10-27)28-11-12-28/h4-7,20,27-32,34-37,47H,8-19,21-23H2,1-3H3,(H,44,48)(H,45,50)/t29-,30-,31+,32?,34+,35+,36+,37-,41-,42+/m1/s1. The van der Waals surface area contributed by atoms with Gasteiger partial charge in [0, 0.05) is 37.8 Å². The average molecular weight is 760 g/mol. The van der Waals surface area contributed by atoms with Crippen LogP contribution in [0.5, 0.6) is 0 Å². The molecule has 298 valence electrons. The summed E-state index contributed by atoms with van der Waals surface area (Å²) in [7, 11) is 0. The second-order valence-corrected chi connectivity index (χ2v) is 19.1. The van der Waals surface area contributed by atoms with Crippen LogP contribution >= 0.6 is 0 Å². The van der Waals surface area contributed by atoms with Gasteiger partial charge in [-0.25, -0.2) is 0 Å². The highest BCUT2D eigenvalue weighted by atomic mass is 16.8. The minimum absolute atomic E-state index is 0.0136. The van der Waals surface area contributed by atoms with Gasteiger partial charge in [0.2, 0.25) is 11.8 Å². The molecule has 4 aliphatic heterocycles. The van der Waals surface area contributed by atoms with E-state index in [9.17, 15) is 14.4 Å². The van der Waals surface area contributed by atoms with Crippen molar-refractivity contribution in [1.82, 2.24) is 15.7 Å². The molecule has 0 spiro atoms. The van der Waals surface area contributed by atoms with Crippen LogP contribution in [0.4, 0.5) is 0 Å². The van der Waals surface area contributed by atoms with Gasteiger partial charge in [-0.05, 0) is 93.1 Å². The molecule has 5 saturated carbocycles. The van der Waals surface area contributed by atoms with Crippen LogP contribution in [0.1, 0.15) is 103 Å². The fourth-order valence-electron chi connectivity index (χ4n) is 11.8. The van der Waals surface area contributed by atoms with Crippen molar-refractivity contribution in [2.75, 3.05) is 19.7 Å². The lowest BCUT2D eigenvalue weighted by atomic mass is 9.52. The first-order chi connectivity index (χ1) is 26.5. The number of aliphatic hydroxyl groups excluding tert-OH is 1. The van der Waals surface area contributed by atoms with E-state index in [1.165, 1.54) is 18.4 Å². The maximum atomic E-state index is 14.7. The summed E-state index contributed by atoms with van der Waals surface area (Å²) in [6, 6.07) is 7.32. The van der Waals surface area contributed by atoms with E-state index in [0.717, 1.165) is 56.1 Å². The molecule has 2 amide bonds. The van der Waals surface area contributed by atoms with Gasteiger partial charge >= 0.3 is 5.97 Å². The van der Waals surface area contributed by atoms with Gasteiger partial charge in [0.25, 0.3) is 0 Å². The molecule has 1 aromatic rings. The Labute approximate surface area is 323 Å². The zero-order valence-corrected chi connectivity index (χ0v) is 32.4. The van der Waals surface area contributed by atoms with E-state index >= 15 is 0 Å². The third kappa shape index (κ3) is 5.94. The minimum atomic E-state index is -1.30. The van der Waals surface area contributed by atoms with Crippen molar-refractivity contribution in [3.63, 3.8) is 0 Å². The molecule has 3 N–H and O–H groups in total. The molecule has 1 aromatic carbocycles. The van der Waals surface area contributed by atoms with Gasteiger partial charge in [-0.2, -0.15) is 5.06 Å². The van der Waals surface area contributed by atoms with E-state index in [0.29, 0.717) is 23.4 Å². The summed E-state index contributed by atoms with van der Waals surface area (Å²) in [6.45, 7) is 7.43. The second kappa shape index (κ2) is 13.1. The van der Waals surface area contributed by atoms with Crippen molar-refractivity contribution < 1.29 is 43.3 Å². The lowest BCUT2D eigenvalue weighted by Crippen LogP contribution is -2.69. The number of allylic oxidation sites excluding steroid dienone is 1. The first-order valence-corrected chi connectivity index (χ1v) is 21.1. The third-order valence-corrected chi connectivity index (χ3v) is 15.1. The highest BCUT2D eigenvalue weighted by Crippen LogP contribution is 2.64. The minimum Gasteiger partial charge on any atom is -0.458 e. The zero-order chi connectivity index (χ0) is 37.9. The number of aliphatic hydroxyl groups is 1. The molecule has 9 aliphatic rings. The molecule has 2 bridgehead atoms. The molecule has 10 atom stereocenters. The highest BCUT2D eigenvalue weighted by molar-refractivity contribution is 5.94. The molecular weight excluding hydrogens is 702 g/mol. The Kier molecular flexibility index (Phi) is 8.67. The first-order valence-electron chi connectivity index (χ1n) is 21.1. The van der Waals surface area contributed by atoms with Crippen LogP contribution in [0, 0.1) is 34.5 Å². The van der Waals surface area contributed by atoms with Gasteiger partial charge in [0.05, 0.1) is 24.9 Å². The van der Waals surface area contributed by atoms with Crippen LogP contribution in [0.2, 0.25) is 0 Å². The number of nitrogens with zero attached hydrogens (tertiary/aromatic N) is 1. The molecule has 9 fully saturated rings. The van der Waals surface area contributed by atoms with Crippen molar-refractivity contribution in [1.29, 1.82) is 0 Å². The third-order valence-electron chi connectivity index (χ3n) is 15.1. The summed E-state index contributed by atoms with van der Waals surface area (Å²) in [6.07, 6.45) is 10.0. The smallest absolute Gasteiger partial charge is 0.327 e. The Hall–Kier alpha value is -2.87. The van der Waals surface area contributed by atoms with Crippen molar-refractivity contribution >= 4 is 23.9 Å². The average Bonchev–Trinajstić information content (AvgIpc) is 4.10. The van der Waals surface area contributed by atoms with Gasteiger partial charge in [-0.15, -0.1) is 0 Å². The Morgan fingerprint density at radius 2 is 1.71 bits per heavy atom. The normalized spacial score (nSPS) is 41.4. The summed E-state index contributed by atoms with van der Waals surface area (Å²) in [5.74, 6) is -0.123. The molecule has 55 heavy (non-hydrogen) atoms. The van der Waals surface area contributed by atoms with Crippen LogP contribution < -0.4 is 10.6 Å². The lowest BCUT2D eigenvalue weighted by molar-refractivity contribution is -0.235. The van der Waals surface area contributed by atoms with E-state index in [4.69, 9.17) is 28.9 Å². The summed E-state index contributed by atoms with van der Waals surface area (Å²) in [5.41, 5.74) is 2.58. The number of esters is 1. The fourth-order valence-corrected chi connectivity index (χ4v) is 11.8. The molecule has 0 aromatic heterocycles. The Morgan fingerprint density at radius 1 is 0.945 bits per heavy atom. The van der Waals surface area contributed by atoms with E-state index in [1.54, 1.807) is 5.06 Å². The number of hydrogen-bond acceptors (Lipinski definition) is 10. The van der Waals surface area contributed by atoms with E-state index in [1.807, 2.05) is 6.07 Å². The fraction of sp³-hybridized carbons (Fsp3) is 0.744. The van der Waals surface area contributed by atoms with E-state index < -0.39 is 47.6 Å². The highest BCUT2D eigenvalue weighted by Gasteiger charge is 2.78. The number of epoxide rings is 1. The van der Waals surface area contributed by atoms with Gasteiger partial charge in [0.15, 0.2) is 11.8 Å².